The van der Waals surface area contributed by atoms with Gasteiger partial charge in [-0.3, -0.25) is 9.69 Å². The Morgan fingerprint density at radius 3 is 2.68 bits per heavy atom. The Morgan fingerprint density at radius 2 is 1.91 bits per heavy atom. The highest BCUT2D eigenvalue weighted by molar-refractivity contribution is 5.82. The van der Waals surface area contributed by atoms with Crippen LogP contribution in [0.5, 0.6) is 5.75 Å². The summed E-state index contributed by atoms with van der Waals surface area (Å²) in [6.07, 6.45) is 0.696. The third-order valence-electron chi connectivity index (χ3n) is 7.28. The van der Waals surface area contributed by atoms with E-state index in [0.29, 0.717) is 19.5 Å². The lowest BCUT2D eigenvalue weighted by Gasteiger charge is -2.49. The lowest BCUT2D eigenvalue weighted by Crippen LogP contribution is -2.61. The highest BCUT2D eigenvalue weighted by Gasteiger charge is 2.41. The largest absolute Gasteiger partial charge is 0.497 e. The highest BCUT2D eigenvalue weighted by Crippen LogP contribution is 2.39. The normalized spacial score (nSPS) is 22.6. The van der Waals surface area contributed by atoms with Crippen molar-refractivity contribution in [2.24, 2.45) is 5.92 Å². The van der Waals surface area contributed by atoms with Crippen LogP contribution >= 0.6 is 0 Å². The first kappa shape index (κ1) is 22.9. The van der Waals surface area contributed by atoms with Crippen LogP contribution < -0.4 is 19.9 Å². The molecule has 0 bridgehead atoms. The minimum atomic E-state index is -0.237. The average Bonchev–Trinajstić information content (AvgIpc) is 2.88. The number of nitrogens with zero attached hydrogens (tertiary/aromatic N) is 3. The Hall–Kier alpha value is -2.84. The number of morpholine rings is 1. The van der Waals surface area contributed by atoms with Gasteiger partial charge in [-0.15, -0.1) is 0 Å². The van der Waals surface area contributed by atoms with Crippen LogP contribution in [0.2, 0.25) is 0 Å². The van der Waals surface area contributed by atoms with Crippen molar-refractivity contribution < 1.29 is 18.7 Å². The van der Waals surface area contributed by atoms with Crippen molar-refractivity contribution in [2.45, 2.75) is 12.5 Å². The third-order valence-corrected chi connectivity index (χ3v) is 7.28. The highest BCUT2D eigenvalue weighted by atomic mass is 19.1. The lowest BCUT2D eigenvalue weighted by molar-refractivity contribution is -0.125. The van der Waals surface area contributed by atoms with E-state index in [9.17, 15) is 9.18 Å². The van der Waals surface area contributed by atoms with Crippen molar-refractivity contribution in [1.82, 2.24) is 10.2 Å². The Bertz CT molecular complexity index is 996. The monoisotopic (exact) mass is 468 g/mol. The summed E-state index contributed by atoms with van der Waals surface area (Å²) in [6, 6.07) is 12.8. The van der Waals surface area contributed by atoms with Crippen molar-refractivity contribution >= 4 is 17.3 Å². The summed E-state index contributed by atoms with van der Waals surface area (Å²) in [5.74, 6) is 0.532. The maximum atomic E-state index is 13.5. The van der Waals surface area contributed by atoms with Gasteiger partial charge in [-0.05, 0) is 42.3 Å². The first-order valence-corrected chi connectivity index (χ1v) is 12.1. The number of methoxy groups -OCH3 is 1. The van der Waals surface area contributed by atoms with E-state index >= 15 is 0 Å². The molecular formula is C26H33FN4O3. The molecule has 34 heavy (non-hydrogen) atoms. The molecule has 2 aromatic rings. The molecule has 5 rings (SSSR count). The SMILES string of the molecule is COc1ccc2c(c1)N1CCN(c3ccc(F)cc3)C[C@H]1[C@@H](C(=O)NCCN1CCOCC1)C2. The number of ether oxygens (including phenoxy) is 2. The minimum Gasteiger partial charge on any atom is -0.497 e. The zero-order valence-corrected chi connectivity index (χ0v) is 19.7. The predicted molar refractivity (Wildman–Crippen MR) is 130 cm³/mol. The molecule has 3 aliphatic rings. The number of amides is 1. The van der Waals surface area contributed by atoms with Crippen LogP contribution in [0.3, 0.4) is 0 Å². The topological polar surface area (TPSA) is 57.3 Å². The van der Waals surface area contributed by atoms with Crippen LogP contribution in [0, 0.1) is 11.7 Å². The van der Waals surface area contributed by atoms with Crippen LogP contribution in [0.4, 0.5) is 15.8 Å². The molecule has 0 aliphatic carbocycles. The summed E-state index contributed by atoms with van der Waals surface area (Å²) in [7, 11) is 1.68. The first-order chi connectivity index (χ1) is 16.6. The molecule has 7 nitrogen and oxygen atoms in total. The molecule has 2 atom stereocenters. The second-order valence-corrected chi connectivity index (χ2v) is 9.23. The van der Waals surface area contributed by atoms with Crippen LogP contribution in [-0.2, 0) is 16.0 Å². The van der Waals surface area contributed by atoms with Gasteiger partial charge in [0.15, 0.2) is 0 Å². The summed E-state index contributed by atoms with van der Waals surface area (Å²) in [6.45, 7) is 7.13. The van der Waals surface area contributed by atoms with Gasteiger partial charge >= 0.3 is 0 Å². The maximum Gasteiger partial charge on any atom is 0.225 e. The van der Waals surface area contributed by atoms with Crippen molar-refractivity contribution in [3.05, 3.63) is 53.8 Å². The standard InChI is InChI=1S/C26H33FN4O3/c1-33-22-7-2-19-16-23(26(32)28-8-9-29-12-14-34-15-13-29)25-18-30(10-11-31(25)24(19)17-22)21-5-3-20(27)4-6-21/h2-7,17,23,25H,8-16,18H2,1H3,(H,28,32)/t23-,25-/m0/s1. The molecule has 8 heteroatoms. The van der Waals surface area contributed by atoms with E-state index in [1.807, 2.05) is 18.2 Å². The Morgan fingerprint density at radius 1 is 1.12 bits per heavy atom. The third kappa shape index (κ3) is 4.83. The Balaban J connectivity index is 1.34. The average molecular weight is 469 g/mol. The van der Waals surface area contributed by atoms with Crippen molar-refractivity contribution in [3.63, 3.8) is 0 Å². The number of benzene rings is 2. The molecule has 1 N–H and O–H groups in total. The predicted octanol–water partition coefficient (Wildman–Crippen LogP) is 2.15. The molecule has 0 unspecified atom stereocenters. The lowest BCUT2D eigenvalue weighted by atomic mass is 9.83. The molecule has 2 saturated heterocycles. The molecule has 182 valence electrons. The molecule has 0 saturated carbocycles. The van der Waals surface area contributed by atoms with Crippen LogP contribution in [0.25, 0.3) is 0 Å². The zero-order chi connectivity index (χ0) is 23.5. The summed E-state index contributed by atoms with van der Waals surface area (Å²) >= 11 is 0. The fraction of sp³-hybridized carbons (Fsp3) is 0.500. The number of carbonyl (C=O) groups excluding carboxylic acids is 1. The zero-order valence-electron chi connectivity index (χ0n) is 19.7. The number of fused-ring (bicyclic) bond motifs is 3. The van der Waals surface area contributed by atoms with Gasteiger partial charge in [-0.25, -0.2) is 4.39 Å². The van der Waals surface area contributed by atoms with Gasteiger partial charge in [-0.1, -0.05) is 6.07 Å². The molecule has 3 aliphatic heterocycles. The van der Waals surface area contributed by atoms with E-state index < -0.39 is 0 Å². The number of hydrogen-bond donors (Lipinski definition) is 1. The van der Waals surface area contributed by atoms with Gasteiger partial charge in [0, 0.05) is 63.3 Å². The van der Waals surface area contributed by atoms with E-state index in [1.165, 1.54) is 17.7 Å². The van der Waals surface area contributed by atoms with Gasteiger partial charge < -0.3 is 24.6 Å². The second kappa shape index (κ2) is 10.2. The number of carbonyl (C=O) groups is 1. The van der Waals surface area contributed by atoms with Gasteiger partial charge in [0.05, 0.1) is 32.3 Å². The number of nitrogens with one attached hydrogen (secondary N) is 1. The van der Waals surface area contributed by atoms with E-state index in [2.05, 4.69) is 32.1 Å². The molecule has 2 fully saturated rings. The first-order valence-electron chi connectivity index (χ1n) is 12.1. The molecular weight excluding hydrogens is 435 g/mol. The Labute approximate surface area is 200 Å². The fourth-order valence-corrected chi connectivity index (χ4v) is 5.38. The van der Waals surface area contributed by atoms with E-state index in [1.54, 1.807) is 7.11 Å². The smallest absolute Gasteiger partial charge is 0.225 e. The maximum absolute atomic E-state index is 13.5. The summed E-state index contributed by atoms with van der Waals surface area (Å²) in [5, 5.41) is 3.21. The quantitative estimate of drug-likeness (QED) is 0.701. The van der Waals surface area contributed by atoms with Crippen molar-refractivity contribution in [3.8, 4) is 5.75 Å². The van der Waals surface area contributed by atoms with Crippen LogP contribution in [0.1, 0.15) is 5.56 Å². The molecule has 0 radical (unpaired) electrons. The van der Waals surface area contributed by atoms with E-state index in [0.717, 1.165) is 63.1 Å². The molecule has 2 aromatic carbocycles. The fourth-order valence-electron chi connectivity index (χ4n) is 5.38. The van der Waals surface area contributed by atoms with Crippen molar-refractivity contribution in [2.75, 3.05) is 75.9 Å². The van der Waals surface area contributed by atoms with Gasteiger partial charge in [0.1, 0.15) is 11.6 Å². The minimum absolute atomic E-state index is 0.0294. The van der Waals surface area contributed by atoms with E-state index in [-0.39, 0.29) is 23.7 Å². The Kier molecular flexibility index (Phi) is 6.87. The molecule has 3 heterocycles. The van der Waals surface area contributed by atoms with Gasteiger partial charge in [0.25, 0.3) is 0 Å². The number of anilines is 2. The number of halogens is 1. The molecule has 0 spiro atoms. The number of hydrogen-bond acceptors (Lipinski definition) is 6. The molecule has 0 aromatic heterocycles. The van der Waals surface area contributed by atoms with E-state index in [4.69, 9.17) is 9.47 Å². The summed E-state index contributed by atoms with van der Waals surface area (Å²) in [4.78, 5) is 20.4. The van der Waals surface area contributed by atoms with Crippen LogP contribution in [0.15, 0.2) is 42.5 Å². The summed E-state index contributed by atoms with van der Waals surface area (Å²) in [5.41, 5.74) is 3.32. The van der Waals surface area contributed by atoms with Gasteiger partial charge in [-0.2, -0.15) is 0 Å². The number of piperazine rings is 1. The summed E-state index contributed by atoms with van der Waals surface area (Å²) < 4.78 is 24.4. The van der Waals surface area contributed by atoms with Crippen LogP contribution in [-0.4, -0.2) is 83.0 Å². The van der Waals surface area contributed by atoms with Gasteiger partial charge in [0.2, 0.25) is 5.91 Å². The van der Waals surface area contributed by atoms with Crippen molar-refractivity contribution in [1.29, 1.82) is 0 Å². The second-order valence-electron chi connectivity index (χ2n) is 9.23. The molecule has 1 amide bonds. The number of rotatable bonds is 6.